The van der Waals surface area contributed by atoms with Crippen molar-refractivity contribution in [3.63, 3.8) is 0 Å². The van der Waals surface area contributed by atoms with E-state index >= 15 is 0 Å². The van der Waals surface area contributed by atoms with Gasteiger partial charge >= 0.3 is 0 Å². The van der Waals surface area contributed by atoms with Crippen molar-refractivity contribution in [2.24, 2.45) is 0 Å². The molecular weight excluding hydrogens is 120 g/mol. The summed E-state index contributed by atoms with van der Waals surface area (Å²) in [5, 5.41) is 0. The highest BCUT2D eigenvalue weighted by atomic mass is 13.8. The van der Waals surface area contributed by atoms with E-state index in [1.165, 1.54) is 5.57 Å². The van der Waals surface area contributed by atoms with E-state index in [1.54, 1.807) is 0 Å². The highest BCUT2D eigenvalue weighted by Gasteiger charge is 1.74. The molecule has 0 nitrogen and oxygen atoms in total. The molecule has 0 saturated carbocycles. The first-order chi connectivity index (χ1) is 4.81. The van der Waals surface area contributed by atoms with E-state index in [1.807, 2.05) is 12.2 Å². The van der Waals surface area contributed by atoms with Gasteiger partial charge in [-0.3, -0.25) is 0 Å². The number of allylic oxidation sites excluding steroid dienone is 5. The predicted octanol–water partition coefficient (Wildman–Crippen LogP) is 3.24. The van der Waals surface area contributed by atoms with E-state index in [0.717, 1.165) is 6.42 Å². The molecule has 0 N–H and O–H groups in total. The van der Waals surface area contributed by atoms with Gasteiger partial charge < -0.3 is 0 Å². The largest absolute Gasteiger partial charge is 0.129 e. The van der Waals surface area contributed by atoms with Crippen LogP contribution in [0.4, 0.5) is 0 Å². The van der Waals surface area contributed by atoms with Crippen LogP contribution in [0.3, 0.4) is 0 Å². The van der Waals surface area contributed by atoms with Gasteiger partial charge in [0.05, 0.1) is 0 Å². The summed E-state index contributed by atoms with van der Waals surface area (Å²) in [7, 11) is 0. The maximum Gasteiger partial charge on any atom is -0.0203 e. The van der Waals surface area contributed by atoms with Gasteiger partial charge in [0.25, 0.3) is 0 Å². The molecule has 0 amide bonds. The SMILES string of the molecule is C=C=CC=C(C)C=CCC. The Kier molecular flexibility index (Phi) is 5.51. The molecular formula is C10H14. The summed E-state index contributed by atoms with van der Waals surface area (Å²) in [6, 6.07) is 0. The predicted molar refractivity (Wildman–Crippen MR) is 46.9 cm³/mol. The van der Waals surface area contributed by atoms with Crippen LogP contribution in [-0.2, 0) is 0 Å². The van der Waals surface area contributed by atoms with Gasteiger partial charge in [0, 0.05) is 0 Å². The molecule has 0 bridgehead atoms. The molecule has 0 atom stereocenters. The first-order valence-electron chi connectivity index (χ1n) is 3.50. The molecule has 0 saturated heterocycles. The van der Waals surface area contributed by atoms with E-state index in [2.05, 4.69) is 38.3 Å². The lowest BCUT2D eigenvalue weighted by Gasteiger charge is -1.84. The lowest BCUT2D eigenvalue weighted by atomic mass is 10.2. The Hall–Kier alpha value is -1.00. The van der Waals surface area contributed by atoms with Crippen LogP contribution in [-0.4, -0.2) is 0 Å². The quantitative estimate of drug-likeness (QED) is 0.410. The maximum atomic E-state index is 3.46. The zero-order valence-electron chi connectivity index (χ0n) is 6.72. The summed E-state index contributed by atoms with van der Waals surface area (Å²) >= 11 is 0. The van der Waals surface area contributed by atoms with Crippen molar-refractivity contribution in [3.8, 4) is 0 Å². The van der Waals surface area contributed by atoms with Crippen LogP contribution in [0, 0.1) is 0 Å². The van der Waals surface area contributed by atoms with Crippen LogP contribution in [0.1, 0.15) is 20.3 Å². The van der Waals surface area contributed by atoms with Gasteiger partial charge in [-0.2, -0.15) is 0 Å². The summed E-state index contributed by atoms with van der Waals surface area (Å²) in [6.45, 7) is 7.64. The van der Waals surface area contributed by atoms with E-state index < -0.39 is 0 Å². The van der Waals surface area contributed by atoms with Crippen LogP contribution < -0.4 is 0 Å². The Labute approximate surface area is 63.3 Å². The van der Waals surface area contributed by atoms with Crippen molar-refractivity contribution < 1.29 is 0 Å². The van der Waals surface area contributed by atoms with Gasteiger partial charge in [0.1, 0.15) is 0 Å². The van der Waals surface area contributed by atoms with Crippen molar-refractivity contribution in [2.75, 3.05) is 0 Å². The molecule has 0 aromatic carbocycles. The lowest BCUT2D eigenvalue weighted by Crippen LogP contribution is -1.64. The monoisotopic (exact) mass is 134 g/mol. The smallest absolute Gasteiger partial charge is 0.0203 e. The highest BCUT2D eigenvalue weighted by Crippen LogP contribution is 1.95. The van der Waals surface area contributed by atoms with Gasteiger partial charge in [0.2, 0.25) is 0 Å². The van der Waals surface area contributed by atoms with Crippen molar-refractivity contribution in [2.45, 2.75) is 20.3 Å². The second kappa shape index (κ2) is 6.12. The second-order valence-corrected chi connectivity index (χ2v) is 2.09. The molecule has 0 aromatic heterocycles. The van der Waals surface area contributed by atoms with E-state index in [0.29, 0.717) is 0 Å². The van der Waals surface area contributed by atoms with Gasteiger partial charge in [-0.1, -0.05) is 37.3 Å². The Balaban J connectivity index is 3.93. The summed E-state index contributed by atoms with van der Waals surface area (Å²) in [5.74, 6) is 0. The van der Waals surface area contributed by atoms with Gasteiger partial charge in [-0.05, 0) is 19.4 Å². The lowest BCUT2D eigenvalue weighted by molar-refractivity contribution is 1.22. The Morgan fingerprint density at radius 3 is 2.80 bits per heavy atom. The third-order valence-corrected chi connectivity index (χ3v) is 1.08. The molecule has 0 aromatic rings. The molecule has 0 aliphatic carbocycles. The normalized spacial score (nSPS) is 11.6. The number of hydrogen-bond donors (Lipinski definition) is 0. The fourth-order valence-electron chi connectivity index (χ4n) is 0.550. The molecule has 0 spiro atoms. The summed E-state index contributed by atoms with van der Waals surface area (Å²) in [4.78, 5) is 0. The molecule has 0 heteroatoms. The Morgan fingerprint density at radius 2 is 2.30 bits per heavy atom. The molecule has 54 valence electrons. The zero-order chi connectivity index (χ0) is 7.82. The van der Waals surface area contributed by atoms with Gasteiger partial charge in [-0.25, -0.2) is 0 Å². The van der Waals surface area contributed by atoms with Crippen LogP contribution in [0.15, 0.2) is 42.2 Å². The second-order valence-electron chi connectivity index (χ2n) is 2.09. The Bertz CT molecular complexity index is 176. The topological polar surface area (TPSA) is 0 Å². The fraction of sp³-hybridized carbons (Fsp3) is 0.300. The number of hydrogen-bond acceptors (Lipinski definition) is 0. The minimum absolute atomic E-state index is 1.09. The van der Waals surface area contributed by atoms with Crippen molar-refractivity contribution in [1.29, 1.82) is 0 Å². The first-order valence-corrected chi connectivity index (χ1v) is 3.50. The van der Waals surface area contributed by atoms with Gasteiger partial charge in [0.15, 0.2) is 0 Å². The molecule has 0 aliphatic heterocycles. The minimum atomic E-state index is 1.09. The van der Waals surface area contributed by atoms with Gasteiger partial charge in [-0.15, -0.1) is 5.73 Å². The average Bonchev–Trinajstić information content (AvgIpc) is 1.97. The van der Waals surface area contributed by atoms with E-state index in [-0.39, 0.29) is 0 Å². The molecule has 0 unspecified atom stereocenters. The molecule has 0 radical (unpaired) electrons. The highest BCUT2D eigenvalue weighted by molar-refractivity contribution is 5.20. The van der Waals surface area contributed by atoms with Crippen LogP contribution in [0.5, 0.6) is 0 Å². The number of rotatable bonds is 3. The summed E-state index contributed by atoms with van der Waals surface area (Å²) in [5.41, 5.74) is 3.92. The van der Waals surface area contributed by atoms with Crippen LogP contribution in [0.2, 0.25) is 0 Å². The van der Waals surface area contributed by atoms with Crippen molar-refractivity contribution >= 4 is 0 Å². The molecule has 0 aliphatic rings. The minimum Gasteiger partial charge on any atom is -0.129 e. The standard InChI is InChI=1S/C10H14/c1-4-6-8-10(3)9-7-5-2/h6-9H,1,5H2,2-3H3. The third kappa shape index (κ3) is 5.14. The molecule has 10 heavy (non-hydrogen) atoms. The molecule has 0 rings (SSSR count). The summed E-state index contributed by atoms with van der Waals surface area (Å²) < 4.78 is 0. The Morgan fingerprint density at radius 1 is 1.60 bits per heavy atom. The first kappa shape index (κ1) is 9.00. The third-order valence-electron chi connectivity index (χ3n) is 1.08. The molecule has 0 heterocycles. The van der Waals surface area contributed by atoms with Crippen LogP contribution >= 0.6 is 0 Å². The van der Waals surface area contributed by atoms with Crippen LogP contribution in [0.25, 0.3) is 0 Å². The maximum absolute atomic E-state index is 3.46. The zero-order valence-corrected chi connectivity index (χ0v) is 6.72. The van der Waals surface area contributed by atoms with E-state index in [4.69, 9.17) is 0 Å². The van der Waals surface area contributed by atoms with E-state index in [9.17, 15) is 0 Å². The molecule has 0 fully saturated rings. The average molecular weight is 134 g/mol. The van der Waals surface area contributed by atoms with Crippen molar-refractivity contribution in [1.82, 2.24) is 0 Å². The summed E-state index contributed by atoms with van der Waals surface area (Å²) in [6.07, 6.45) is 9.11. The van der Waals surface area contributed by atoms with Crippen molar-refractivity contribution in [3.05, 3.63) is 42.2 Å². The fourth-order valence-corrected chi connectivity index (χ4v) is 0.550.